The van der Waals surface area contributed by atoms with Crippen molar-refractivity contribution in [3.8, 4) is 0 Å². The number of carbonyl (C=O) groups is 1. The minimum absolute atomic E-state index is 0.229. The number of hydrogen-bond donors (Lipinski definition) is 1. The maximum Gasteiger partial charge on any atom is 0.254 e. The molecule has 3 rings (SSSR count). The lowest BCUT2D eigenvalue weighted by molar-refractivity contribution is 0.0948. The molecule has 0 radical (unpaired) electrons. The molecule has 8 heteroatoms. The van der Waals surface area contributed by atoms with Gasteiger partial charge in [0.05, 0.1) is 18.4 Å². The fraction of sp³-hybridized carbons (Fsp3) is 0.316. The van der Waals surface area contributed by atoms with Crippen molar-refractivity contribution in [2.24, 2.45) is 5.92 Å². The molecule has 0 aliphatic heterocycles. The van der Waals surface area contributed by atoms with Gasteiger partial charge in [0.2, 0.25) is 0 Å². The molecule has 0 saturated carbocycles. The van der Waals surface area contributed by atoms with Crippen LogP contribution in [-0.2, 0) is 18.8 Å². The highest BCUT2D eigenvalue weighted by Gasteiger charge is 2.16. The molecule has 142 valence electrons. The van der Waals surface area contributed by atoms with Crippen LogP contribution in [0.3, 0.4) is 0 Å². The van der Waals surface area contributed by atoms with E-state index in [2.05, 4.69) is 29.4 Å². The summed E-state index contributed by atoms with van der Waals surface area (Å²) in [5, 5.41) is 12.0. The summed E-state index contributed by atoms with van der Waals surface area (Å²) >= 11 is 1.43. The lowest BCUT2D eigenvalue weighted by atomic mass is 10.2. The Morgan fingerprint density at radius 2 is 2.11 bits per heavy atom. The number of furan rings is 1. The van der Waals surface area contributed by atoms with Gasteiger partial charge in [0.25, 0.3) is 5.91 Å². The van der Waals surface area contributed by atoms with Gasteiger partial charge in [0, 0.05) is 12.3 Å². The lowest BCUT2D eigenvalue weighted by Crippen LogP contribution is -2.25. The van der Waals surface area contributed by atoms with Crippen LogP contribution < -0.4 is 5.32 Å². The van der Waals surface area contributed by atoms with Crippen molar-refractivity contribution < 1.29 is 13.6 Å². The average molecular weight is 388 g/mol. The van der Waals surface area contributed by atoms with Crippen LogP contribution in [0.1, 0.15) is 35.6 Å². The summed E-state index contributed by atoms with van der Waals surface area (Å²) in [7, 11) is 0. The van der Waals surface area contributed by atoms with Crippen LogP contribution in [0.4, 0.5) is 4.39 Å². The zero-order chi connectivity index (χ0) is 19.2. The Kier molecular flexibility index (Phi) is 6.28. The third kappa shape index (κ3) is 4.97. The van der Waals surface area contributed by atoms with E-state index in [1.165, 1.54) is 30.4 Å². The van der Waals surface area contributed by atoms with Crippen LogP contribution >= 0.6 is 11.8 Å². The topological polar surface area (TPSA) is 73.0 Å². The molecule has 0 spiro atoms. The standard InChI is InChI=1S/C19H21FN4O2S/c1-13(2)10-24-17(9-21-18(25)14-7-8-26-11-14)22-23-19(24)27-12-15-5-3-4-6-16(15)20/h3-8,11,13H,9-10,12H2,1-2H3,(H,21,25). The summed E-state index contributed by atoms with van der Waals surface area (Å²) in [5.74, 6) is 1.04. The molecule has 0 saturated heterocycles. The Bertz CT molecular complexity index is 893. The van der Waals surface area contributed by atoms with Crippen LogP contribution in [0.15, 0.2) is 52.4 Å². The average Bonchev–Trinajstić information content (AvgIpc) is 3.29. The molecule has 2 aromatic heterocycles. The van der Waals surface area contributed by atoms with E-state index in [4.69, 9.17) is 4.42 Å². The van der Waals surface area contributed by atoms with E-state index in [0.717, 1.165) is 0 Å². The molecule has 27 heavy (non-hydrogen) atoms. The molecule has 0 bridgehead atoms. The van der Waals surface area contributed by atoms with Gasteiger partial charge in [-0.2, -0.15) is 0 Å². The fourth-order valence-electron chi connectivity index (χ4n) is 2.52. The number of amides is 1. The van der Waals surface area contributed by atoms with E-state index in [1.54, 1.807) is 18.2 Å². The van der Waals surface area contributed by atoms with Gasteiger partial charge in [0.15, 0.2) is 11.0 Å². The highest BCUT2D eigenvalue weighted by molar-refractivity contribution is 7.98. The van der Waals surface area contributed by atoms with Crippen molar-refractivity contribution in [3.63, 3.8) is 0 Å². The van der Waals surface area contributed by atoms with Crippen molar-refractivity contribution in [1.82, 2.24) is 20.1 Å². The number of thioether (sulfide) groups is 1. The number of benzene rings is 1. The smallest absolute Gasteiger partial charge is 0.254 e. The molecule has 1 amide bonds. The molecule has 1 aromatic carbocycles. The Balaban J connectivity index is 1.71. The summed E-state index contributed by atoms with van der Waals surface area (Å²) < 4.78 is 20.7. The quantitative estimate of drug-likeness (QED) is 0.593. The van der Waals surface area contributed by atoms with E-state index in [9.17, 15) is 9.18 Å². The zero-order valence-corrected chi connectivity index (χ0v) is 16.0. The molecule has 6 nitrogen and oxygen atoms in total. The largest absolute Gasteiger partial charge is 0.472 e. The van der Waals surface area contributed by atoms with Crippen LogP contribution in [0.5, 0.6) is 0 Å². The fourth-order valence-corrected chi connectivity index (χ4v) is 3.47. The molecule has 1 N–H and O–H groups in total. The van der Waals surface area contributed by atoms with Gasteiger partial charge in [0.1, 0.15) is 12.1 Å². The SMILES string of the molecule is CC(C)Cn1c(CNC(=O)c2ccoc2)nnc1SCc1ccccc1F. The molecule has 0 aliphatic rings. The van der Waals surface area contributed by atoms with E-state index in [-0.39, 0.29) is 18.3 Å². The molecular formula is C19H21FN4O2S. The molecule has 2 heterocycles. The summed E-state index contributed by atoms with van der Waals surface area (Å²) in [5.41, 5.74) is 1.08. The second-order valence-corrected chi connectivity index (χ2v) is 7.42. The van der Waals surface area contributed by atoms with Gasteiger partial charge in [-0.3, -0.25) is 4.79 Å². The molecule has 0 atom stereocenters. The first kappa shape index (κ1) is 19.2. The molecule has 0 aliphatic carbocycles. The Labute approximate surface area is 161 Å². The maximum absolute atomic E-state index is 13.8. The summed E-state index contributed by atoms with van der Waals surface area (Å²) in [6.07, 6.45) is 2.84. The van der Waals surface area contributed by atoms with E-state index in [0.29, 0.717) is 40.3 Å². The van der Waals surface area contributed by atoms with Crippen LogP contribution in [0.25, 0.3) is 0 Å². The van der Waals surface area contributed by atoms with Crippen molar-refractivity contribution in [1.29, 1.82) is 0 Å². The third-order valence-corrected chi connectivity index (χ3v) is 4.86. The molecular weight excluding hydrogens is 367 g/mol. The minimum Gasteiger partial charge on any atom is -0.472 e. The van der Waals surface area contributed by atoms with Gasteiger partial charge in [-0.05, 0) is 23.6 Å². The minimum atomic E-state index is -0.233. The number of rotatable bonds is 8. The van der Waals surface area contributed by atoms with Gasteiger partial charge in [-0.1, -0.05) is 43.8 Å². The van der Waals surface area contributed by atoms with Crippen molar-refractivity contribution in [3.05, 3.63) is 65.6 Å². The van der Waals surface area contributed by atoms with Crippen LogP contribution in [-0.4, -0.2) is 20.7 Å². The first-order valence-electron chi connectivity index (χ1n) is 8.63. The number of nitrogens with one attached hydrogen (secondary N) is 1. The third-order valence-electron chi connectivity index (χ3n) is 3.85. The normalized spacial score (nSPS) is 11.1. The van der Waals surface area contributed by atoms with Crippen LogP contribution in [0, 0.1) is 11.7 Å². The van der Waals surface area contributed by atoms with Crippen LogP contribution in [0.2, 0.25) is 0 Å². The van der Waals surface area contributed by atoms with Crippen molar-refractivity contribution in [2.75, 3.05) is 0 Å². The van der Waals surface area contributed by atoms with E-state index >= 15 is 0 Å². The Hall–Kier alpha value is -2.61. The molecule has 3 aromatic rings. The molecule has 0 unspecified atom stereocenters. The summed E-state index contributed by atoms with van der Waals surface area (Å²) in [6.45, 7) is 5.16. The first-order valence-corrected chi connectivity index (χ1v) is 9.62. The number of aromatic nitrogens is 3. The predicted octanol–water partition coefficient (Wildman–Crippen LogP) is 3.89. The Morgan fingerprint density at radius 3 is 2.81 bits per heavy atom. The molecule has 0 fully saturated rings. The van der Waals surface area contributed by atoms with E-state index in [1.807, 2.05) is 10.6 Å². The van der Waals surface area contributed by atoms with Crippen molar-refractivity contribution >= 4 is 17.7 Å². The first-order chi connectivity index (χ1) is 13.0. The highest BCUT2D eigenvalue weighted by Crippen LogP contribution is 2.24. The number of carbonyl (C=O) groups excluding carboxylic acids is 1. The lowest BCUT2D eigenvalue weighted by Gasteiger charge is -2.13. The van der Waals surface area contributed by atoms with Crippen molar-refractivity contribution in [2.45, 2.75) is 37.8 Å². The second-order valence-electron chi connectivity index (χ2n) is 6.48. The number of halogens is 1. The number of nitrogens with zero attached hydrogens (tertiary/aromatic N) is 3. The van der Waals surface area contributed by atoms with Gasteiger partial charge >= 0.3 is 0 Å². The predicted molar refractivity (Wildman–Crippen MR) is 101 cm³/mol. The highest BCUT2D eigenvalue weighted by atomic mass is 32.2. The van der Waals surface area contributed by atoms with E-state index < -0.39 is 0 Å². The monoisotopic (exact) mass is 388 g/mol. The second kappa shape index (κ2) is 8.85. The Morgan fingerprint density at radius 1 is 1.30 bits per heavy atom. The van der Waals surface area contributed by atoms with Gasteiger partial charge in [-0.15, -0.1) is 10.2 Å². The zero-order valence-electron chi connectivity index (χ0n) is 15.2. The van der Waals surface area contributed by atoms with Gasteiger partial charge < -0.3 is 14.3 Å². The van der Waals surface area contributed by atoms with Gasteiger partial charge in [-0.25, -0.2) is 4.39 Å². The summed E-state index contributed by atoms with van der Waals surface area (Å²) in [6, 6.07) is 8.30. The summed E-state index contributed by atoms with van der Waals surface area (Å²) in [4.78, 5) is 12.1. The maximum atomic E-state index is 13.8. The number of hydrogen-bond acceptors (Lipinski definition) is 5.